The molecule has 0 aliphatic heterocycles. The monoisotopic (exact) mass is 357 g/mol. The quantitative estimate of drug-likeness (QED) is 0.744. The van der Waals surface area contributed by atoms with Crippen LogP contribution >= 0.6 is 22.9 Å². The number of hydrogen-bond acceptors (Lipinski definition) is 4. The minimum absolute atomic E-state index is 0.314. The number of hydrogen-bond donors (Lipinski definition) is 2. The Morgan fingerprint density at radius 1 is 1.04 bits per heavy atom. The first kappa shape index (κ1) is 16.2. The molecule has 0 aliphatic rings. The second-order valence-corrected chi connectivity index (χ2v) is 6.18. The third-order valence-electron chi connectivity index (χ3n) is 3.31. The van der Waals surface area contributed by atoms with Crippen molar-refractivity contribution in [1.29, 1.82) is 0 Å². The number of anilines is 1. The zero-order valence-corrected chi connectivity index (χ0v) is 13.9. The zero-order chi connectivity index (χ0) is 17.1. The Morgan fingerprint density at radius 2 is 1.71 bits per heavy atom. The molecule has 3 N–H and O–H groups in total. The summed E-state index contributed by atoms with van der Waals surface area (Å²) in [5, 5.41) is 5.62. The maximum Gasteiger partial charge on any atom is 0.257 e. The largest absolute Gasteiger partial charge is 0.366 e. The van der Waals surface area contributed by atoms with Crippen LogP contribution in [0.5, 0.6) is 0 Å². The molecule has 0 bridgehead atoms. The highest BCUT2D eigenvalue weighted by molar-refractivity contribution is 7.14. The molecule has 120 valence electrons. The Bertz CT molecular complexity index is 906. The van der Waals surface area contributed by atoms with E-state index in [0.29, 0.717) is 27.0 Å². The van der Waals surface area contributed by atoms with Gasteiger partial charge in [0.15, 0.2) is 5.13 Å². The molecule has 0 unspecified atom stereocenters. The first-order valence-corrected chi connectivity index (χ1v) is 8.22. The van der Waals surface area contributed by atoms with Crippen LogP contribution < -0.4 is 11.1 Å². The molecule has 0 spiro atoms. The van der Waals surface area contributed by atoms with Crippen LogP contribution in [0.1, 0.15) is 20.7 Å². The number of nitrogens with zero attached hydrogens (tertiary/aromatic N) is 1. The van der Waals surface area contributed by atoms with Crippen molar-refractivity contribution in [3.05, 3.63) is 70.1 Å². The minimum Gasteiger partial charge on any atom is -0.366 e. The summed E-state index contributed by atoms with van der Waals surface area (Å²) in [7, 11) is 0. The molecule has 0 saturated carbocycles. The van der Waals surface area contributed by atoms with Crippen LogP contribution in [0.2, 0.25) is 5.02 Å². The average molecular weight is 358 g/mol. The topological polar surface area (TPSA) is 85.1 Å². The maximum atomic E-state index is 12.2. The Kier molecular flexibility index (Phi) is 4.59. The summed E-state index contributed by atoms with van der Waals surface area (Å²) < 4.78 is 0. The fourth-order valence-electron chi connectivity index (χ4n) is 2.08. The first-order valence-electron chi connectivity index (χ1n) is 6.96. The maximum absolute atomic E-state index is 12.2. The SMILES string of the molecule is NC(=O)c1ccc(C(=O)Nc2nc(-c3ccccc3Cl)cs2)cc1. The van der Waals surface area contributed by atoms with Gasteiger partial charge < -0.3 is 5.73 Å². The first-order chi connectivity index (χ1) is 11.5. The van der Waals surface area contributed by atoms with E-state index in [1.54, 1.807) is 6.07 Å². The molecule has 1 heterocycles. The number of rotatable bonds is 4. The number of thiazole rings is 1. The highest BCUT2D eigenvalue weighted by Gasteiger charge is 2.12. The van der Waals surface area contributed by atoms with Crippen molar-refractivity contribution in [2.45, 2.75) is 0 Å². The van der Waals surface area contributed by atoms with Crippen molar-refractivity contribution in [3.63, 3.8) is 0 Å². The summed E-state index contributed by atoms with van der Waals surface area (Å²) in [6.45, 7) is 0. The molecule has 24 heavy (non-hydrogen) atoms. The lowest BCUT2D eigenvalue weighted by Crippen LogP contribution is -2.14. The normalized spacial score (nSPS) is 10.4. The van der Waals surface area contributed by atoms with Gasteiger partial charge in [-0.15, -0.1) is 11.3 Å². The second-order valence-electron chi connectivity index (χ2n) is 4.91. The molecule has 1 aromatic heterocycles. The second kappa shape index (κ2) is 6.82. The molecule has 0 radical (unpaired) electrons. The molecule has 0 saturated heterocycles. The van der Waals surface area contributed by atoms with Crippen LogP contribution in [-0.2, 0) is 0 Å². The summed E-state index contributed by atoms with van der Waals surface area (Å²) in [6, 6.07) is 13.5. The molecule has 3 rings (SSSR count). The van der Waals surface area contributed by atoms with Gasteiger partial charge in [-0.3, -0.25) is 14.9 Å². The van der Waals surface area contributed by atoms with Gasteiger partial charge in [0.1, 0.15) is 0 Å². The van der Waals surface area contributed by atoms with Crippen LogP contribution in [0, 0.1) is 0 Å². The van der Waals surface area contributed by atoms with Crippen molar-refractivity contribution in [2.75, 3.05) is 5.32 Å². The molecule has 3 aromatic rings. The molecule has 0 atom stereocenters. The number of halogens is 1. The van der Waals surface area contributed by atoms with E-state index >= 15 is 0 Å². The number of primary amides is 1. The Morgan fingerprint density at radius 3 is 2.38 bits per heavy atom. The number of benzene rings is 2. The third kappa shape index (κ3) is 3.45. The molecule has 7 heteroatoms. The van der Waals surface area contributed by atoms with E-state index in [4.69, 9.17) is 17.3 Å². The van der Waals surface area contributed by atoms with Crippen molar-refractivity contribution in [2.24, 2.45) is 5.73 Å². The fourth-order valence-corrected chi connectivity index (χ4v) is 3.02. The molecular weight excluding hydrogens is 346 g/mol. The number of amides is 2. The predicted octanol–water partition coefficient (Wildman–Crippen LogP) is 3.81. The molecule has 0 aliphatic carbocycles. The van der Waals surface area contributed by atoms with Gasteiger partial charge in [0.2, 0.25) is 5.91 Å². The van der Waals surface area contributed by atoms with Gasteiger partial charge in [-0.1, -0.05) is 29.8 Å². The minimum atomic E-state index is -0.536. The molecule has 2 amide bonds. The number of nitrogens with one attached hydrogen (secondary N) is 1. The van der Waals surface area contributed by atoms with Crippen LogP contribution in [0.4, 0.5) is 5.13 Å². The van der Waals surface area contributed by atoms with E-state index in [9.17, 15) is 9.59 Å². The Hall–Kier alpha value is -2.70. The van der Waals surface area contributed by atoms with E-state index in [-0.39, 0.29) is 5.91 Å². The Balaban J connectivity index is 1.76. The van der Waals surface area contributed by atoms with Crippen LogP contribution in [0.25, 0.3) is 11.3 Å². The van der Waals surface area contributed by atoms with Crippen LogP contribution in [-0.4, -0.2) is 16.8 Å². The van der Waals surface area contributed by atoms with E-state index in [1.807, 2.05) is 23.6 Å². The van der Waals surface area contributed by atoms with Gasteiger partial charge in [0.25, 0.3) is 5.91 Å². The lowest BCUT2D eigenvalue weighted by atomic mass is 10.1. The van der Waals surface area contributed by atoms with Crippen molar-refractivity contribution in [1.82, 2.24) is 4.98 Å². The van der Waals surface area contributed by atoms with Crippen molar-refractivity contribution in [3.8, 4) is 11.3 Å². The average Bonchev–Trinajstić information content (AvgIpc) is 3.03. The van der Waals surface area contributed by atoms with Gasteiger partial charge in [-0.25, -0.2) is 4.98 Å². The fraction of sp³-hybridized carbons (Fsp3) is 0. The lowest BCUT2D eigenvalue weighted by Gasteiger charge is -2.03. The number of carbonyl (C=O) groups is 2. The van der Waals surface area contributed by atoms with E-state index in [2.05, 4.69) is 10.3 Å². The predicted molar refractivity (Wildman–Crippen MR) is 95.5 cm³/mol. The molecule has 0 fully saturated rings. The van der Waals surface area contributed by atoms with Crippen LogP contribution in [0.15, 0.2) is 53.9 Å². The summed E-state index contributed by atoms with van der Waals surface area (Å²) in [4.78, 5) is 27.6. The molecule has 5 nitrogen and oxygen atoms in total. The summed E-state index contributed by atoms with van der Waals surface area (Å²) >= 11 is 7.46. The Labute approximate surface area is 147 Å². The number of aromatic nitrogens is 1. The van der Waals surface area contributed by atoms with Crippen molar-refractivity contribution < 1.29 is 9.59 Å². The standard InChI is InChI=1S/C17H12ClN3O2S/c18-13-4-2-1-3-12(13)14-9-24-17(20-14)21-16(23)11-7-5-10(6-8-11)15(19)22/h1-9H,(H2,19,22)(H,20,21,23). The van der Waals surface area contributed by atoms with Crippen LogP contribution in [0.3, 0.4) is 0 Å². The third-order valence-corrected chi connectivity index (χ3v) is 4.39. The van der Waals surface area contributed by atoms with Gasteiger partial charge in [-0.05, 0) is 30.3 Å². The highest BCUT2D eigenvalue weighted by Crippen LogP contribution is 2.30. The van der Waals surface area contributed by atoms with E-state index < -0.39 is 5.91 Å². The van der Waals surface area contributed by atoms with Gasteiger partial charge in [-0.2, -0.15) is 0 Å². The smallest absolute Gasteiger partial charge is 0.257 e. The zero-order valence-electron chi connectivity index (χ0n) is 12.3. The summed E-state index contributed by atoms with van der Waals surface area (Å²) in [5.41, 5.74) is 7.44. The summed E-state index contributed by atoms with van der Waals surface area (Å²) in [6.07, 6.45) is 0. The van der Waals surface area contributed by atoms with Crippen molar-refractivity contribution >= 4 is 39.9 Å². The highest BCUT2D eigenvalue weighted by atomic mass is 35.5. The van der Waals surface area contributed by atoms with Gasteiger partial charge in [0, 0.05) is 27.1 Å². The summed E-state index contributed by atoms with van der Waals surface area (Å²) in [5.74, 6) is -0.850. The number of nitrogens with two attached hydrogens (primary N) is 1. The van der Waals surface area contributed by atoms with Gasteiger partial charge >= 0.3 is 0 Å². The van der Waals surface area contributed by atoms with E-state index in [0.717, 1.165) is 5.56 Å². The van der Waals surface area contributed by atoms with Gasteiger partial charge in [0.05, 0.1) is 5.69 Å². The molecular formula is C17H12ClN3O2S. The number of carbonyl (C=O) groups excluding carboxylic acids is 2. The lowest BCUT2D eigenvalue weighted by molar-refractivity contribution is 0.0995. The molecule has 2 aromatic carbocycles. The van der Waals surface area contributed by atoms with E-state index in [1.165, 1.54) is 35.6 Å².